The molecule has 0 unspecified atom stereocenters. The van der Waals surface area contributed by atoms with E-state index >= 15 is 0 Å². The molecule has 5 nitrogen and oxygen atoms in total. The number of aliphatic hydroxyl groups is 1. The van der Waals surface area contributed by atoms with E-state index in [4.69, 9.17) is 9.47 Å². The smallest absolute Gasteiger partial charge is 0.313 e. The third kappa shape index (κ3) is 2.54. The van der Waals surface area contributed by atoms with Crippen molar-refractivity contribution in [2.45, 2.75) is 50.6 Å². The molecule has 0 aliphatic carbocycles. The lowest BCUT2D eigenvalue weighted by atomic mass is 10.5. The van der Waals surface area contributed by atoms with Gasteiger partial charge in [0.15, 0.2) is 0 Å². The summed E-state index contributed by atoms with van der Waals surface area (Å²) < 4.78 is 10.2. The van der Waals surface area contributed by atoms with Gasteiger partial charge >= 0.3 is 5.97 Å². The molecular formula is C10H14O5. The second kappa shape index (κ2) is 3.90. The summed E-state index contributed by atoms with van der Waals surface area (Å²) in [7, 11) is 0. The molecule has 0 saturated carbocycles. The third-order valence-corrected chi connectivity index (χ3v) is 2.68. The summed E-state index contributed by atoms with van der Waals surface area (Å²) in [6, 6.07) is 0. The van der Waals surface area contributed by atoms with Gasteiger partial charge in [-0.15, -0.1) is 0 Å². The van der Waals surface area contributed by atoms with E-state index in [2.05, 4.69) is 0 Å². The number of hydrogen-bond acceptors (Lipinski definition) is 5. The molecule has 0 spiro atoms. The van der Waals surface area contributed by atoms with Crippen molar-refractivity contribution in [2.24, 2.45) is 0 Å². The van der Waals surface area contributed by atoms with E-state index in [-0.39, 0.29) is 36.9 Å². The van der Waals surface area contributed by atoms with Gasteiger partial charge in [0, 0.05) is 12.8 Å². The number of esters is 1. The van der Waals surface area contributed by atoms with Crippen LogP contribution in [0.2, 0.25) is 0 Å². The highest BCUT2D eigenvalue weighted by molar-refractivity contribution is 5.95. The molecule has 4 atom stereocenters. The molecule has 0 aromatic carbocycles. The highest BCUT2D eigenvalue weighted by Gasteiger charge is 2.46. The molecule has 0 aromatic rings. The van der Waals surface area contributed by atoms with Crippen molar-refractivity contribution in [1.82, 2.24) is 0 Å². The van der Waals surface area contributed by atoms with Gasteiger partial charge in [0.1, 0.15) is 24.4 Å². The fourth-order valence-corrected chi connectivity index (χ4v) is 1.91. The lowest BCUT2D eigenvalue weighted by Gasteiger charge is -2.14. The van der Waals surface area contributed by atoms with Gasteiger partial charge in [-0.05, 0) is 6.92 Å². The number of carbonyl (C=O) groups is 2. The van der Waals surface area contributed by atoms with Gasteiger partial charge in [-0.3, -0.25) is 9.59 Å². The van der Waals surface area contributed by atoms with E-state index in [1.807, 2.05) is 0 Å². The van der Waals surface area contributed by atoms with Gasteiger partial charge in [0.2, 0.25) is 0 Å². The Bertz CT molecular complexity index is 288. The van der Waals surface area contributed by atoms with Gasteiger partial charge in [-0.2, -0.15) is 0 Å². The van der Waals surface area contributed by atoms with Crippen molar-refractivity contribution in [3.63, 3.8) is 0 Å². The number of ether oxygens (including phenoxy) is 2. The molecule has 2 fully saturated rings. The first-order valence-electron chi connectivity index (χ1n) is 5.11. The summed E-state index contributed by atoms with van der Waals surface area (Å²) >= 11 is 0. The van der Waals surface area contributed by atoms with Crippen LogP contribution >= 0.6 is 0 Å². The van der Waals surface area contributed by atoms with E-state index in [0.29, 0.717) is 6.42 Å². The van der Waals surface area contributed by atoms with Gasteiger partial charge in [-0.25, -0.2) is 0 Å². The predicted octanol–water partition coefficient (Wildman–Crippen LogP) is -0.201. The lowest BCUT2D eigenvalue weighted by molar-refractivity contribution is -0.150. The van der Waals surface area contributed by atoms with Crippen molar-refractivity contribution in [3.8, 4) is 0 Å². The Kier molecular flexibility index (Phi) is 2.75. The highest BCUT2D eigenvalue weighted by Crippen LogP contribution is 2.32. The number of aliphatic hydroxyl groups excluding tert-OH is 1. The van der Waals surface area contributed by atoms with E-state index in [1.54, 1.807) is 6.92 Å². The van der Waals surface area contributed by atoms with Crippen molar-refractivity contribution < 1.29 is 24.2 Å². The first-order chi connectivity index (χ1) is 7.06. The minimum Gasteiger partial charge on any atom is -0.462 e. The topological polar surface area (TPSA) is 76.1 Å². The van der Waals surface area contributed by atoms with Crippen LogP contribution in [0.5, 0.6) is 0 Å². The summed E-state index contributed by atoms with van der Waals surface area (Å²) in [5, 5.41) is 9.59. The molecule has 2 heterocycles. The summed E-state index contributed by atoms with van der Waals surface area (Å²) in [4.78, 5) is 22.5. The second-order valence-electron chi connectivity index (χ2n) is 4.16. The maximum absolute atomic E-state index is 11.3. The van der Waals surface area contributed by atoms with Crippen LogP contribution in [0.15, 0.2) is 0 Å². The fourth-order valence-electron chi connectivity index (χ4n) is 1.91. The van der Waals surface area contributed by atoms with E-state index in [0.717, 1.165) is 0 Å². The van der Waals surface area contributed by atoms with Crippen molar-refractivity contribution in [2.75, 3.05) is 0 Å². The Balaban J connectivity index is 2.02. The number of carbonyl (C=O) groups excluding carboxylic acids is 2. The fraction of sp³-hybridized carbons (Fsp3) is 0.800. The summed E-state index contributed by atoms with van der Waals surface area (Å²) in [6.07, 6.45) is -1.06. The monoisotopic (exact) mass is 225 g/mol. The van der Waals surface area contributed by atoms with Crippen LogP contribution < -0.4 is 0 Å². The minimum absolute atomic E-state index is 0.0232. The maximum atomic E-state index is 11.3. The van der Waals surface area contributed by atoms with Crippen molar-refractivity contribution in [1.29, 1.82) is 0 Å². The maximum Gasteiger partial charge on any atom is 0.313 e. The molecule has 0 amide bonds. The number of ketones is 1. The average molecular weight is 225 g/mol. The molecule has 2 saturated heterocycles. The summed E-state index contributed by atoms with van der Waals surface area (Å²) in [5.41, 5.74) is 0. The quantitative estimate of drug-likeness (QED) is 0.203. The van der Waals surface area contributed by atoms with Crippen LogP contribution in [0.1, 0.15) is 26.2 Å². The first kappa shape index (κ1) is 10.6. The lowest BCUT2D eigenvalue weighted by Crippen LogP contribution is -2.27. The molecule has 0 radical (unpaired) electrons. The van der Waals surface area contributed by atoms with Crippen LogP contribution in [-0.2, 0) is 19.1 Å². The zero-order valence-corrected chi connectivity index (χ0v) is 8.51. The Morgan fingerprint density at radius 2 is 2.20 bits per heavy atom. The van der Waals surface area contributed by atoms with Crippen LogP contribution in [0.4, 0.5) is 0 Å². The zero-order valence-electron chi connectivity index (χ0n) is 8.51. The highest BCUT2D eigenvalue weighted by atomic mass is 18.4. The SMILES string of the molecule is C[13C@@H]1C[13C@@H]2O[C@@H]2[13C@H](O)C[13C](=[18O])C[13C](=[18O])[18O]1. The third-order valence-electron chi connectivity index (χ3n) is 2.68. The molecule has 15 heavy (non-hydrogen) atoms. The molecular weight excluding hydrogens is 211 g/mol. The molecule has 1 N–H and O–H groups in total. The van der Waals surface area contributed by atoms with Gasteiger partial charge in [0.25, 0.3) is 0 Å². The number of cyclic esters (lactones) is 1. The molecule has 5 heteroatoms. The number of Topliss-reactive ketones (excluding diaryl/α,β-unsaturated/α-hetero) is 1. The van der Waals surface area contributed by atoms with E-state index < -0.39 is 12.1 Å². The minimum atomic E-state index is -0.777. The van der Waals surface area contributed by atoms with Gasteiger partial charge in [-0.1, -0.05) is 0 Å². The molecule has 2 aliphatic rings. The molecule has 2 rings (SSSR count). The number of epoxide rings is 1. The van der Waals surface area contributed by atoms with Crippen molar-refractivity contribution in [3.05, 3.63) is 0 Å². The van der Waals surface area contributed by atoms with E-state index in [1.165, 1.54) is 0 Å². The summed E-state index contributed by atoms with van der Waals surface area (Å²) in [6.45, 7) is 1.76. The largest absolute Gasteiger partial charge is 0.462 e. The van der Waals surface area contributed by atoms with Crippen molar-refractivity contribution >= 4 is 11.8 Å². The van der Waals surface area contributed by atoms with E-state index in [9.17, 15) is 14.7 Å². The van der Waals surface area contributed by atoms with Gasteiger partial charge in [0.05, 0.1) is 12.2 Å². The van der Waals surface area contributed by atoms with Crippen LogP contribution in [0.25, 0.3) is 0 Å². The second-order valence-corrected chi connectivity index (χ2v) is 4.16. The number of fused-ring (bicyclic) bond motifs is 1. The van der Waals surface area contributed by atoms with Crippen LogP contribution in [0.3, 0.4) is 0 Å². The molecule has 84 valence electrons. The van der Waals surface area contributed by atoms with Gasteiger partial charge < -0.3 is 14.6 Å². The molecule has 0 aromatic heterocycles. The summed E-state index contributed by atoms with van der Waals surface area (Å²) in [5.74, 6) is -0.811. The zero-order chi connectivity index (χ0) is 11.0. The Morgan fingerprint density at radius 3 is 2.93 bits per heavy atom. The number of rotatable bonds is 0. The Morgan fingerprint density at radius 1 is 1.47 bits per heavy atom. The molecule has 0 bridgehead atoms. The number of hydrogen-bond donors (Lipinski definition) is 1. The standard InChI is InChI=1S/C10H14O5/c1-5-2-8-10(15-8)7(12)3-6(11)4-9(13)14-5/h5,7-8,10,12H,2-4H2,1H3/t5-,7-,8+,10-/m1/s1/i5+1,6+1,7+1,8+1,9+1,11+2,13+2,14+2. The first-order valence-corrected chi connectivity index (χ1v) is 5.11. The predicted molar refractivity (Wildman–Crippen MR) is 49.1 cm³/mol. The molecule has 2 aliphatic heterocycles. The van der Waals surface area contributed by atoms with Crippen LogP contribution in [0, 0.1) is 0 Å². The normalized spacial score (nSPS) is 41.7. The Labute approximate surface area is 87.4 Å². The average Bonchev–Trinajstić information content (AvgIpc) is 2.80. The van der Waals surface area contributed by atoms with Crippen LogP contribution in [-0.4, -0.2) is 41.3 Å². The Hall–Kier alpha value is -0.940.